The highest BCUT2D eigenvalue weighted by molar-refractivity contribution is 5.86. The molecule has 0 saturated heterocycles. The Labute approximate surface area is 118 Å². The summed E-state index contributed by atoms with van der Waals surface area (Å²) in [6.45, 7) is -1.06. The molecule has 0 spiro atoms. The fraction of sp³-hybridized carbons (Fsp3) is 0.400. The van der Waals surface area contributed by atoms with Crippen LogP contribution in [0.5, 0.6) is 0 Å². The van der Waals surface area contributed by atoms with Gasteiger partial charge in [0, 0.05) is 11.5 Å². The molecule has 0 aromatic heterocycles. The van der Waals surface area contributed by atoms with Crippen molar-refractivity contribution in [1.29, 1.82) is 0 Å². The van der Waals surface area contributed by atoms with Gasteiger partial charge in [0.2, 0.25) is 0 Å². The van der Waals surface area contributed by atoms with Gasteiger partial charge in [-0.25, -0.2) is 4.79 Å². The summed E-state index contributed by atoms with van der Waals surface area (Å²) in [7, 11) is 0. The average Bonchev–Trinajstić information content (AvgIpc) is 2.51. The van der Waals surface area contributed by atoms with Gasteiger partial charge in [0.15, 0.2) is 0 Å². The first-order valence-electron chi connectivity index (χ1n) is 6.38. The first-order valence-corrected chi connectivity index (χ1v) is 6.38. The van der Waals surface area contributed by atoms with Crippen molar-refractivity contribution < 1.29 is 24.9 Å². The van der Waals surface area contributed by atoms with Crippen molar-refractivity contribution in [2.24, 2.45) is 5.41 Å². The van der Waals surface area contributed by atoms with E-state index < -0.39 is 11.4 Å². The second kappa shape index (κ2) is 8.47. The summed E-state index contributed by atoms with van der Waals surface area (Å²) in [5.41, 5.74) is -0.122. The van der Waals surface area contributed by atoms with Crippen molar-refractivity contribution in [2.75, 3.05) is 26.4 Å². The van der Waals surface area contributed by atoms with Gasteiger partial charge in [0.05, 0.1) is 26.4 Å². The van der Waals surface area contributed by atoms with Gasteiger partial charge in [-0.3, -0.25) is 0 Å². The highest BCUT2D eigenvalue weighted by Gasteiger charge is 2.28. The van der Waals surface area contributed by atoms with Gasteiger partial charge in [-0.1, -0.05) is 30.3 Å². The highest BCUT2D eigenvalue weighted by Crippen LogP contribution is 2.19. The average molecular weight is 280 g/mol. The molecule has 0 fully saturated rings. The molecule has 0 amide bonds. The Morgan fingerprint density at radius 3 is 2.25 bits per heavy atom. The van der Waals surface area contributed by atoms with Crippen LogP contribution in [0.15, 0.2) is 36.4 Å². The maximum absolute atomic E-state index is 11.5. The van der Waals surface area contributed by atoms with Gasteiger partial charge in [-0.2, -0.15) is 0 Å². The van der Waals surface area contributed by atoms with E-state index in [2.05, 4.69) is 0 Å². The third-order valence-corrected chi connectivity index (χ3v) is 3.09. The molecular formula is C15H20O5. The first-order chi connectivity index (χ1) is 9.65. The predicted molar refractivity (Wildman–Crippen MR) is 74.7 cm³/mol. The van der Waals surface area contributed by atoms with Crippen molar-refractivity contribution in [1.82, 2.24) is 0 Å². The lowest BCUT2D eigenvalue weighted by Crippen LogP contribution is -2.35. The summed E-state index contributed by atoms with van der Waals surface area (Å²) in [6, 6.07) is 9.33. The van der Waals surface area contributed by atoms with Gasteiger partial charge in [0.25, 0.3) is 0 Å². The molecular weight excluding hydrogens is 260 g/mol. The zero-order valence-electron chi connectivity index (χ0n) is 11.2. The Morgan fingerprint density at radius 2 is 1.70 bits per heavy atom. The normalized spacial score (nSPS) is 11.8. The molecule has 0 heterocycles. The van der Waals surface area contributed by atoms with Crippen LogP contribution < -0.4 is 0 Å². The number of rotatable bonds is 8. The van der Waals surface area contributed by atoms with Gasteiger partial charge in [-0.15, -0.1) is 0 Å². The van der Waals surface area contributed by atoms with E-state index in [-0.39, 0.29) is 32.8 Å². The molecule has 0 atom stereocenters. The van der Waals surface area contributed by atoms with E-state index in [0.717, 1.165) is 5.56 Å². The summed E-state index contributed by atoms with van der Waals surface area (Å²) in [5, 5.41) is 27.4. The van der Waals surface area contributed by atoms with E-state index in [0.29, 0.717) is 0 Å². The number of aliphatic hydroxyl groups is 3. The van der Waals surface area contributed by atoms with Crippen molar-refractivity contribution in [3.8, 4) is 0 Å². The molecule has 20 heavy (non-hydrogen) atoms. The van der Waals surface area contributed by atoms with Crippen LogP contribution in [0.3, 0.4) is 0 Å². The number of carbonyl (C=O) groups is 1. The number of carbonyl (C=O) groups excluding carboxylic acids is 1. The number of esters is 1. The van der Waals surface area contributed by atoms with Crippen LogP contribution in [-0.4, -0.2) is 47.7 Å². The SMILES string of the molecule is O=C(C=Cc1ccccc1)OCCC(CO)(CO)CO. The molecule has 1 rings (SSSR count). The molecule has 1 aromatic rings. The number of ether oxygens (including phenoxy) is 1. The van der Waals surface area contributed by atoms with Crippen LogP contribution in [-0.2, 0) is 9.53 Å². The lowest BCUT2D eigenvalue weighted by molar-refractivity contribution is -0.139. The molecule has 0 aliphatic heterocycles. The molecule has 0 aliphatic rings. The van der Waals surface area contributed by atoms with Gasteiger partial charge in [0.1, 0.15) is 0 Å². The van der Waals surface area contributed by atoms with Crippen molar-refractivity contribution in [2.45, 2.75) is 6.42 Å². The Morgan fingerprint density at radius 1 is 1.10 bits per heavy atom. The predicted octanol–water partition coefficient (Wildman–Crippen LogP) is 0.596. The van der Waals surface area contributed by atoms with Crippen LogP contribution in [0.4, 0.5) is 0 Å². The second-order valence-corrected chi connectivity index (χ2v) is 4.64. The lowest BCUT2D eigenvalue weighted by atomic mass is 9.88. The molecule has 0 radical (unpaired) electrons. The Hall–Kier alpha value is -1.69. The summed E-state index contributed by atoms with van der Waals surface area (Å²) in [5.74, 6) is -0.503. The molecule has 110 valence electrons. The highest BCUT2D eigenvalue weighted by atomic mass is 16.5. The summed E-state index contributed by atoms with van der Waals surface area (Å²) < 4.78 is 4.97. The van der Waals surface area contributed by atoms with Gasteiger partial charge < -0.3 is 20.1 Å². The van der Waals surface area contributed by atoms with E-state index in [1.54, 1.807) is 6.08 Å². The van der Waals surface area contributed by atoms with Crippen molar-refractivity contribution in [3.05, 3.63) is 42.0 Å². The largest absolute Gasteiger partial charge is 0.463 e. The van der Waals surface area contributed by atoms with Crippen LogP contribution in [0.2, 0.25) is 0 Å². The fourth-order valence-electron chi connectivity index (χ4n) is 1.53. The quantitative estimate of drug-likeness (QED) is 0.479. The zero-order valence-corrected chi connectivity index (χ0v) is 11.2. The molecule has 0 unspecified atom stereocenters. The smallest absolute Gasteiger partial charge is 0.330 e. The topological polar surface area (TPSA) is 87.0 Å². The molecule has 0 saturated carbocycles. The van der Waals surface area contributed by atoms with Crippen molar-refractivity contribution in [3.63, 3.8) is 0 Å². The Kier molecular flexibility index (Phi) is 6.93. The van der Waals surface area contributed by atoms with E-state index in [9.17, 15) is 4.79 Å². The van der Waals surface area contributed by atoms with Crippen LogP contribution in [0.1, 0.15) is 12.0 Å². The van der Waals surface area contributed by atoms with E-state index in [1.807, 2.05) is 30.3 Å². The first kappa shape index (κ1) is 16.4. The van der Waals surface area contributed by atoms with E-state index in [1.165, 1.54) is 6.08 Å². The maximum atomic E-state index is 11.5. The number of hydrogen-bond donors (Lipinski definition) is 3. The third-order valence-electron chi connectivity index (χ3n) is 3.09. The summed E-state index contributed by atoms with van der Waals surface area (Å²) in [4.78, 5) is 11.5. The van der Waals surface area contributed by atoms with E-state index in [4.69, 9.17) is 20.1 Å². The number of aliphatic hydroxyl groups excluding tert-OH is 3. The zero-order chi connectivity index (χ0) is 14.8. The lowest BCUT2D eigenvalue weighted by Gasteiger charge is -2.26. The maximum Gasteiger partial charge on any atom is 0.330 e. The van der Waals surface area contributed by atoms with Crippen LogP contribution in [0.25, 0.3) is 6.08 Å². The van der Waals surface area contributed by atoms with Crippen LogP contribution in [0, 0.1) is 5.41 Å². The molecule has 0 aliphatic carbocycles. The van der Waals surface area contributed by atoms with Gasteiger partial charge in [-0.05, 0) is 18.1 Å². The number of benzene rings is 1. The molecule has 1 aromatic carbocycles. The monoisotopic (exact) mass is 280 g/mol. The standard InChI is InChI=1S/C15H20O5/c16-10-15(11-17,12-18)8-9-20-14(19)7-6-13-4-2-1-3-5-13/h1-7,16-18H,8-12H2. The molecule has 0 bridgehead atoms. The minimum atomic E-state index is -1.01. The Bertz CT molecular complexity index is 415. The van der Waals surface area contributed by atoms with Gasteiger partial charge >= 0.3 is 5.97 Å². The summed E-state index contributed by atoms with van der Waals surface area (Å²) in [6.07, 6.45) is 3.15. The van der Waals surface area contributed by atoms with Crippen molar-refractivity contribution >= 4 is 12.0 Å². The summed E-state index contributed by atoms with van der Waals surface area (Å²) >= 11 is 0. The molecule has 5 nitrogen and oxygen atoms in total. The number of hydrogen-bond acceptors (Lipinski definition) is 5. The minimum absolute atomic E-state index is 0.0274. The Balaban J connectivity index is 2.39. The molecule has 5 heteroatoms. The van der Waals surface area contributed by atoms with Crippen LogP contribution >= 0.6 is 0 Å². The fourth-order valence-corrected chi connectivity index (χ4v) is 1.53. The molecule has 3 N–H and O–H groups in total. The van der Waals surface area contributed by atoms with E-state index >= 15 is 0 Å². The third kappa shape index (κ3) is 5.13. The minimum Gasteiger partial charge on any atom is -0.463 e. The second-order valence-electron chi connectivity index (χ2n) is 4.64.